The average molecular weight is 410 g/mol. The highest BCUT2D eigenvalue weighted by molar-refractivity contribution is 5.80. The number of likely N-dealkylation sites (N-methyl/N-ethyl adjacent to an activating group) is 1. The van der Waals surface area contributed by atoms with Crippen molar-refractivity contribution < 1.29 is 19.1 Å². The largest absolute Gasteiger partial charge is 0.465 e. The van der Waals surface area contributed by atoms with Crippen molar-refractivity contribution in [2.45, 2.75) is 44.2 Å². The summed E-state index contributed by atoms with van der Waals surface area (Å²) in [5.74, 6) is -0.0389. The Labute approximate surface area is 176 Å². The first kappa shape index (κ1) is 20.4. The molecule has 1 aliphatic heterocycles. The van der Waals surface area contributed by atoms with Gasteiger partial charge in [-0.05, 0) is 54.5 Å². The quantitative estimate of drug-likeness (QED) is 0.794. The number of nitrogens with zero attached hydrogens (tertiary/aromatic N) is 2. The molecule has 0 radical (unpaired) electrons. The third-order valence-corrected chi connectivity index (χ3v) is 6.58. The van der Waals surface area contributed by atoms with E-state index in [2.05, 4.69) is 0 Å². The SMILES string of the molecule is CN(C(=O)O)[C@H]1CCN(C(=O)C2CCC2)[C@H]1Cc1cccc(-c2cccc(F)c2)c1. The van der Waals surface area contributed by atoms with E-state index in [1.165, 1.54) is 17.0 Å². The molecule has 1 saturated carbocycles. The maximum Gasteiger partial charge on any atom is 0.407 e. The number of carbonyl (C=O) groups is 2. The number of hydrogen-bond acceptors (Lipinski definition) is 2. The zero-order valence-corrected chi connectivity index (χ0v) is 17.1. The number of carboxylic acid groups (broad SMARTS) is 1. The van der Waals surface area contributed by atoms with Crippen molar-refractivity contribution in [1.29, 1.82) is 0 Å². The Hall–Kier alpha value is -2.89. The molecule has 0 bridgehead atoms. The second kappa shape index (κ2) is 8.46. The lowest BCUT2D eigenvalue weighted by molar-refractivity contribution is -0.139. The molecular weight excluding hydrogens is 383 g/mol. The number of benzene rings is 2. The first-order chi connectivity index (χ1) is 14.4. The molecule has 2 aromatic carbocycles. The Morgan fingerprint density at radius 1 is 1.10 bits per heavy atom. The minimum Gasteiger partial charge on any atom is -0.465 e. The van der Waals surface area contributed by atoms with E-state index in [-0.39, 0.29) is 29.7 Å². The number of likely N-dealkylation sites (tertiary alicyclic amines) is 1. The topological polar surface area (TPSA) is 60.9 Å². The fraction of sp³-hybridized carbons (Fsp3) is 0.417. The molecule has 5 nitrogen and oxygen atoms in total. The molecule has 2 fully saturated rings. The van der Waals surface area contributed by atoms with E-state index in [0.717, 1.165) is 36.0 Å². The number of amides is 2. The van der Waals surface area contributed by atoms with Crippen molar-refractivity contribution in [3.8, 4) is 11.1 Å². The highest BCUT2D eigenvalue weighted by atomic mass is 19.1. The minimum absolute atomic E-state index is 0.0833. The van der Waals surface area contributed by atoms with E-state index in [1.807, 2.05) is 35.2 Å². The van der Waals surface area contributed by atoms with Crippen LogP contribution in [-0.4, -0.2) is 52.6 Å². The third kappa shape index (κ3) is 4.04. The van der Waals surface area contributed by atoms with Crippen LogP contribution in [0.25, 0.3) is 11.1 Å². The van der Waals surface area contributed by atoms with Gasteiger partial charge in [-0.2, -0.15) is 0 Å². The van der Waals surface area contributed by atoms with E-state index in [4.69, 9.17) is 0 Å². The zero-order chi connectivity index (χ0) is 21.3. The van der Waals surface area contributed by atoms with Gasteiger partial charge in [0.2, 0.25) is 5.91 Å². The minimum atomic E-state index is -0.976. The molecule has 2 atom stereocenters. The summed E-state index contributed by atoms with van der Waals surface area (Å²) in [6.07, 6.45) is 3.19. The van der Waals surface area contributed by atoms with Gasteiger partial charge in [-0.1, -0.05) is 42.8 Å². The van der Waals surface area contributed by atoms with Crippen molar-refractivity contribution in [3.63, 3.8) is 0 Å². The molecular formula is C24H27FN2O3. The van der Waals surface area contributed by atoms with Crippen LogP contribution in [0.3, 0.4) is 0 Å². The lowest BCUT2D eigenvalue weighted by Crippen LogP contribution is -2.50. The number of halogens is 1. The molecule has 0 unspecified atom stereocenters. The van der Waals surface area contributed by atoms with Crippen LogP contribution >= 0.6 is 0 Å². The van der Waals surface area contributed by atoms with Gasteiger partial charge in [0, 0.05) is 19.5 Å². The highest BCUT2D eigenvalue weighted by Crippen LogP contribution is 2.34. The Balaban J connectivity index is 1.60. The maximum absolute atomic E-state index is 13.6. The molecule has 0 spiro atoms. The van der Waals surface area contributed by atoms with Gasteiger partial charge in [0.25, 0.3) is 0 Å². The van der Waals surface area contributed by atoms with Gasteiger partial charge >= 0.3 is 6.09 Å². The summed E-state index contributed by atoms with van der Waals surface area (Å²) in [5, 5.41) is 9.52. The maximum atomic E-state index is 13.6. The number of hydrogen-bond donors (Lipinski definition) is 1. The number of carbonyl (C=O) groups excluding carboxylic acids is 1. The van der Waals surface area contributed by atoms with Gasteiger partial charge in [-0.25, -0.2) is 9.18 Å². The normalized spacial score (nSPS) is 21.3. The van der Waals surface area contributed by atoms with E-state index in [9.17, 15) is 19.1 Å². The molecule has 158 valence electrons. The summed E-state index contributed by atoms with van der Waals surface area (Å²) in [4.78, 5) is 27.9. The molecule has 30 heavy (non-hydrogen) atoms. The second-order valence-corrected chi connectivity index (χ2v) is 8.39. The van der Waals surface area contributed by atoms with E-state index < -0.39 is 6.09 Å². The standard InChI is InChI=1S/C24H27FN2O3/c1-26(24(29)30)21-11-12-27(23(28)17-6-3-7-17)22(21)14-16-5-2-8-18(13-16)19-9-4-10-20(25)15-19/h2,4-5,8-10,13,15,17,21-22H,3,6-7,11-12,14H2,1H3,(H,29,30)/t21-,22-/m0/s1. The van der Waals surface area contributed by atoms with Crippen LogP contribution in [0.4, 0.5) is 9.18 Å². The Morgan fingerprint density at radius 2 is 1.80 bits per heavy atom. The summed E-state index contributed by atoms with van der Waals surface area (Å²) in [5.41, 5.74) is 2.72. The summed E-state index contributed by atoms with van der Waals surface area (Å²) >= 11 is 0. The van der Waals surface area contributed by atoms with Crippen LogP contribution in [0.2, 0.25) is 0 Å². The molecule has 1 N–H and O–H groups in total. The molecule has 2 amide bonds. The van der Waals surface area contributed by atoms with Crippen molar-refractivity contribution >= 4 is 12.0 Å². The molecule has 1 aliphatic carbocycles. The molecule has 0 aromatic heterocycles. The molecule has 2 aromatic rings. The summed E-state index contributed by atoms with van der Waals surface area (Å²) in [7, 11) is 1.58. The fourth-order valence-corrected chi connectivity index (χ4v) is 4.63. The molecule has 6 heteroatoms. The Bertz CT molecular complexity index is 944. The van der Waals surface area contributed by atoms with Gasteiger partial charge in [-0.15, -0.1) is 0 Å². The van der Waals surface area contributed by atoms with Gasteiger partial charge in [-0.3, -0.25) is 4.79 Å². The van der Waals surface area contributed by atoms with Crippen molar-refractivity contribution in [2.75, 3.05) is 13.6 Å². The first-order valence-electron chi connectivity index (χ1n) is 10.5. The molecule has 1 heterocycles. The van der Waals surface area contributed by atoms with Gasteiger partial charge in [0.05, 0.1) is 12.1 Å². The molecule has 1 saturated heterocycles. The van der Waals surface area contributed by atoms with Crippen LogP contribution in [0.15, 0.2) is 48.5 Å². The summed E-state index contributed by atoms with van der Waals surface area (Å²) in [6.45, 7) is 0.589. The van der Waals surface area contributed by atoms with Crippen LogP contribution in [-0.2, 0) is 11.2 Å². The summed E-state index contributed by atoms with van der Waals surface area (Å²) in [6, 6.07) is 13.9. The highest BCUT2D eigenvalue weighted by Gasteiger charge is 2.43. The van der Waals surface area contributed by atoms with Crippen molar-refractivity contribution in [2.24, 2.45) is 5.92 Å². The van der Waals surface area contributed by atoms with Gasteiger partial charge in [0.15, 0.2) is 0 Å². The predicted octanol–water partition coefficient (Wildman–Crippen LogP) is 4.41. The first-order valence-corrected chi connectivity index (χ1v) is 10.5. The smallest absolute Gasteiger partial charge is 0.407 e. The monoisotopic (exact) mass is 410 g/mol. The third-order valence-electron chi connectivity index (χ3n) is 6.58. The van der Waals surface area contributed by atoms with Crippen molar-refractivity contribution in [3.05, 3.63) is 59.9 Å². The zero-order valence-electron chi connectivity index (χ0n) is 17.1. The average Bonchev–Trinajstić information content (AvgIpc) is 3.09. The van der Waals surface area contributed by atoms with Crippen molar-refractivity contribution in [1.82, 2.24) is 9.80 Å². The van der Waals surface area contributed by atoms with Crippen LogP contribution in [0.1, 0.15) is 31.2 Å². The molecule has 4 rings (SSSR count). The number of rotatable bonds is 5. The van der Waals surface area contributed by atoms with Crippen LogP contribution in [0.5, 0.6) is 0 Å². The Morgan fingerprint density at radius 3 is 2.43 bits per heavy atom. The fourth-order valence-electron chi connectivity index (χ4n) is 4.63. The van der Waals surface area contributed by atoms with Crippen LogP contribution in [0, 0.1) is 11.7 Å². The van der Waals surface area contributed by atoms with E-state index in [0.29, 0.717) is 19.4 Å². The lowest BCUT2D eigenvalue weighted by atomic mass is 9.84. The predicted molar refractivity (Wildman–Crippen MR) is 113 cm³/mol. The molecule has 2 aliphatic rings. The van der Waals surface area contributed by atoms with Gasteiger partial charge in [0.1, 0.15) is 5.82 Å². The van der Waals surface area contributed by atoms with E-state index >= 15 is 0 Å². The summed E-state index contributed by atoms with van der Waals surface area (Å²) < 4.78 is 13.6. The van der Waals surface area contributed by atoms with Gasteiger partial charge < -0.3 is 14.9 Å². The lowest BCUT2D eigenvalue weighted by Gasteiger charge is -2.36. The van der Waals surface area contributed by atoms with E-state index in [1.54, 1.807) is 13.1 Å². The second-order valence-electron chi connectivity index (χ2n) is 8.39. The Kier molecular flexibility index (Phi) is 5.75. The van der Waals surface area contributed by atoms with Crippen LogP contribution < -0.4 is 0 Å².